The van der Waals surface area contributed by atoms with Gasteiger partial charge in [0.15, 0.2) is 0 Å². The molecule has 3 rings (SSSR count). The van der Waals surface area contributed by atoms with Crippen LogP contribution in [0.2, 0.25) is 0 Å². The number of imidazole rings is 1. The number of primary amides is 1. The topological polar surface area (TPSA) is 167 Å². The monoisotopic (exact) mass is 376 g/mol. The van der Waals surface area contributed by atoms with Gasteiger partial charge in [0.05, 0.1) is 6.33 Å². The van der Waals surface area contributed by atoms with Crippen LogP contribution in [-0.2, 0) is 30.4 Å². The van der Waals surface area contributed by atoms with Crippen molar-refractivity contribution in [2.75, 3.05) is 0 Å². The van der Waals surface area contributed by atoms with Crippen LogP contribution in [-0.4, -0.2) is 62.5 Å². The zero-order valence-electron chi connectivity index (χ0n) is 14.4. The number of nitrogens with two attached hydrogens (primary N) is 1. The van der Waals surface area contributed by atoms with Crippen molar-refractivity contribution in [3.8, 4) is 0 Å². The lowest BCUT2D eigenvalue weighted by atomic mass is 10.1. The van der Waals surface area contributed by atoms with Gasteiger partial charge in [0.2, 0.25) is 23.6 Å². The predicted octanol–water partition coefficient (Wildman–Crippen LogP) is -2.28. The summed E-state index contributed by atoms with van der Waals surface area (Å²) < 4.78 is 0. The van der Waals surface area contributed by atoms with E-state index in [1.54, 1.807) is 0 Å². The molecule has 2 aliphatic rings. The van der Waals surface area contributed by atoms with E-state index in [-0.39, 0.29) is 31.6 Å². The SMILES string of the molecule is NC(=O)[C@@H]1CCC(=O)N1C(=O)[C@H](Cc1cnc[nH]1)NC(=O)[C@@H]1CCC(=O)N1. The van der Waals surface area contributed by atoms with Crippen LogP contribution in [0.1, 0.15) is 31.4 Å². The molecule has 11 heteroatoms. The number of H-pyrrole nitrogens is 1. The first kappa shape index (κ1) is 18.5. The van der Waals surface area contributed by atoms with E-state index in [4.69, 9.17) is 5.73 Å². The van der Waals surface area contributed by atoms with E-state index in [2.05, 4.69) is 20.6 Å². The van der Waals surface area contributed by atoms with E-state index in [0.717, 1.165) is 4.90 Å². The third kappa shape index (κ3) is 3.96. The summed E-state index contributed by atoms with van der Waals surface area (Å²) in [4.78, 5) is 68.0. The minimum Gasteiger partial charge on any atom is -0.368 e. The highest BCUT2D eigenvalue weighted by molar-refractivity contribution is 6.05. The first-order chi connectivity index (χ1) is 12.9. The van der Waals surface area contributed by atoms with E-state index in [1.165, 1.54) is 12.5 Å². The van der Waals surface area contributed by atoms with E-state index in [1.807, 2.05) is 0 Å². The van der Waals surface area contributed by atoms with E-state index in [0.29, 0.717) is 12.1 Å². The summed E-state index contributed by atoms with van der Waals surface area (Å²) >= 11 is 0. The molecule has 27 heavy (non-hydrogen) atoms. The molecule has 0 spiro atoms. The van der Waals surface area contributed by atoms with Gasteiger partial charge >= 0.3 is 0 Å². The summed E-state index contributed by atoms with van der Waals surface area (Å²) in [5.74, 6) is -2.77. The summed E-state index contributed by atoms with van der Waals surface area (Å²) in [6.45, 7) is 0. The average molecular weight is 376 g/mol. The highest BCUT2D eigenvalue weighted by atomic mass is 16.2. The molecule has 11 nitrogen and oxygen atoms in total. The number of amides is 5. The Hall–Kier alpha value is -3.24. The number of rotatable bonds is 6. The van der Waals surface area contributed by atoms with Crippen molar-refractivity contribution in [3.05, 3.63) is 18.2 Å². The molecule has 1 aromatic heterocycles. The van der Waals surface area contributed by atoms with Gasteiger partial charge in [-0.3, -0.25) is 28.9 Å². The van der Waals surface area contributed by atoms with Gasteiger partial charge in [-0.15, -0.1) is 0 Å². The van der Waals surface area contributed by atoms with Crippen LogP contribution in [0, 0.1) is 0 Å². The summed E-state index contributed by atoms with van der Waals surface area (Å²) in [6, 6.07) is -2.88. The van der Waals surface area contributed by atoms with Gasteiger partial charge in [-0.1, -0.05) is 0 Å². The molecule has 5 amide bonds. The van der Waals surface area contributed by atoms with Gasteiger partial charge in [0.1, 0.15) is 18.1 Å². The Morgan fingerprint density at radius 3 is 2.67 bits per heavy atom. The Morgan fingerprint density at radius 2 is 2.07 bits per heavy atom. The van der Waals surface area contributed by atoms with Crippen molar-refractivity contribution < 1.29 is 24.0 Å². The standard InChI is InChI=1S/C16H20N6O5/c17-14(25)11-2-4-13(24)22(11)16(27)10(5-8-6-18-7-19-8)21-15(26)9-1-3-12(23)20-9/h6-7,9-11H,1-5H2,(H2,17,25)(H,18,19)(H,20,23)(H,21,26)/t9-,10-,11-/m0/s1. The summed E-state index contributed by atoms with van der Waals surface area (Å²) in [5.41, 5.74) is 5.87. The van der Waals surface area contributed by atoms with Crippen LogP contribution < -0.4 is 16.4 Å². The van der Waals surface area contributed by atoms with Crippen molar-refractivity contribution in [2.24, 2.45) is 5.73 Å². The van der Waals surface area contributed by atoms with Crippen LogP contribution in [0.5, 0.6) is 0 Å². The van der Waals surface area contributed by atoms with Crippen molar-refractivity contribution in [1.82, 2.24) is 25.5 Å². The number of aromatic amines is 1. The molecular weight excluding hydrogens is 356 g/mol. The molecule has 5 N–H and O–H groups in total. The zero-order valence-corrected chi connectivity index (χ0v) is 14.4. The largest absolute Gasteiger partial charge is 0.368 e. The Bertz CT molecular complexity index is 776. The normalized spacial score (nSPS) is 23.2. The lowest BCUT2D eigenvalue weighted by Gasteiger charge is -2.27. The maximum absolute atomic E-state index is 13.0. The van der Waals surface area contributed by atoms with Crippen LogP contribution in [0.15, 0.2) is 12.5 Å². The Morgan fingerprint density at radius 1 is 1.30 bits per heavy atom. The van der Waals surface area contributed by atoms with E-state index < -0.39 is 41.8 Å². The molecule has 0 aliphatic carbocycles. The minimum atomic E-state index is -1.11. The lowest BCUT2D eigenvalue weighted by molar-refractivity contribution is -0.149. The van der Waals surface area contributed by atoms with Gasteiger partial charge in [0, 0.05) is 31.2 Å². The summed E-state index contributed by atoms with van der Waals surface area (Å²) in [6.07, 6.45) is 3.69. The molecule has 3 heterocycles. The molecule has 0 bridgehead atoms. The third-order valence-corrected chi connectivity index (χ3v) is 4.68. The molecule has 0 radical (unpaired) electrons. The van der Waals surface area contributed by atoms with E-state index in [9.17, 15) is 24.0 Å². The number of carbonyl (C=O) groups excluding carboxylic acids is 5. The lowest BCUT2D eigenvalue weighted by Crippen LogP contribution is -2.57. The average Bonchev–Trinajstić information content (AvgIpc) is 3.34. The molecular formula is C16H20N6O5. The van der Waals surface area contributed by atoms with Crippen LogP contribution >= 0.6 is 0 Å². The third-order valence-electron chi connectivity index (χ3n) is 4.68. The quantitative estimate of drug-likeness (QED) is 0.436. The first-order valence-corrected chi connectivity index (χ1v) is 8.59. The zero-order chi connectivity index (χ0) is 19.6. The second kappa shape index (κ2) is 7.56. The van der Waals surface area contributed by atoms with Crippen molar-refractivity contribution in [1.29, 1.82) is 0 Å². The van der Waals surface area contributed by atoms with Gasteiger partial charge in [-0.05, 0) is 12.8 Å². The molecule has 2 saturated heterocycles. The van der Waals surface area contributed by atoms with Crippen molar-refractivity contribution in [2.45, 2.75) is 50.2 Å². The molecule has 2 aliphatic heterocycles. The van der Waals surface area contributed by atoms with Gasteiger partial charge in [0.25, 0.3) is 5.91 Å². The maximum atomic E-state index is 13.0. The van der Waals surface area contributed by atoms with Crippen LogP contribution in [0.3, 0.4) is 0 Å². The summed E-state index contributed by atoms with van der Waals surface area (Å²) in [5, 5.41) is 5.10. The highest BCUT2D eigenvalue weighted by Crippen LogP contribution is 2.20. The highest BCUT2D eigenvalue weighted by Gasteiger charge is 2.42. The Labute approximate surface area is 154 Å². The number of carbonyl (C=O) groups is 5. The smallest absolute Gasteiger partial charge is 0.252 e. The molecule has 0 aromatic carbocycles. The fourth-order valence-corrected chi connectivity index (χ4v) is 3.30. The molecule has 0 unspecified atom stereocenters. The molecule has 144 valence electrons. The Kier molecular flexibility index (Phi) is 5.19. The molecule has 0 saturated carbocycles. The molecule has 1 aromatic rings. The number of hydrogen-bond donors (Lipinski definition) is 4. The van der Waals surface area contributed by atoms with Crippen molar-refractivity contribution in [3.63, 3.8) is 0 Å². The van der Waals surface area contributed by atoms with Gasteiger partial charge < -0.3 is 21.4 Å². The fraction of sp³-hybridized carbons (Fsp3) is 0.500. The predicted molar refractivity (Wildman–Crippen MR) is 89.5 cm³/mol. The Balaban J connectivity index is 1.79. The first-order valence-electron chi connectivity index (χ1n) is 8.59. The number of nitrogens with one attached hydrogen (secondary N) is 3. The summed E-state index contributed by atoms with van der Waals surface area (Å²) in [7, 11) is 0. The van der Waals surface area contributed by atoms with Crippen LogP contribution in [0.4, 0.5) is 0 Å². The van der Waals surface area contributed by atoms with Gasteiger partial charge in [-0.2, -0.15) is 0 Å². The van der Waals surface area contributed by atoms with E-state index >= 15 is 0 Å². The van der Waals surface area contributed by atoms with Gasteiger partial charge in [-0.25, -0.2) is 4.98 Å². The number of imide groups is 1. The maximum Gasteiger partial charge on any atom is 0.252 e. The molecule has 2 fully saturated rings. The molecule has 3 atom stereocenters. The number of likely N-dealkylation sites (tertiary alicyclic amines) is 1. The minimum absolute atomic E-state index is 0.0305. The number of nitrogens with zero attached hydrogens (tertiary/aromatic N) is 2. The number of hydrogen-bond acceptors (Lipinski definition) is 6. The second-order valence-electron chi connectivity index (χ2n) is 6.56. The second-order valence-corrected chi connectivity index (χ2v) is 6.56. The van der Waals surface area contributed by atoms with Crippen molar-refractivity contribution >= 4 is 29.5 Å². The number of aromatic nitrogens is 2. The fourth-order valence-electron chi connectivity index (χ4n) is 3.30. The van der Waals surface area contributed by atoms with Crippen LogP contribution in [0.25, 0.3) is 0 Å².